The molecule has 0 radical (unpaired) electrons. The fourth-order valence-corrected chi connectivity index (χ4v) is 4.65. The number of amides is 2. The van der Waals surface area contributed by atoms with Crippen molar-refractivity contribution in [2.24, 2.45) is 0 Å². The second-order valence-corrected chi connectivity index (χ2v) is 8.55. The van der Waals surface area contributed by atoms with Crippen LogP contribution in [0, 0.1) is 0 Å². The molecule has 4 rings (SSSR count). The summed E-state index contributed by atoms with van der Waals surface area (Å²) in [5, 5.41) is 3.16. The van der Waals surface area contributed by atoms with E-state index in [-0.39, 0.29) is 17.7 Å². The fourth-order valence-electron chi connectivity index (χ4n) is 4.65. The third-order valence-electron chi connectivity index (χ3n) is 6.31. The van der Waals surface area contributed by atoms with Crippen LogP contribution >= 0.6 is 0 Å². The van der Waals surface area contributed by atoms with Gasteiger partial charge in [0.25, 0.3) is 5.91 Å². The molecule has 0 aliphatic heterocycles. The second-order valence-electron chi connectivity index (χ2n) is 8.55. The van der Waals surface area contributed by atoms with Gasteiger partial charge in [0, 0.05) is 17.3 Å². The van der Waals surface area contributed by atoms with Gasteiger partial charge in [0.1, 0.15) is 11.8 Å². The van der Waals surface area contributed by atoms with Crippen molar-refractivity contribution in [1.29, 1.82) is 0 Å². The van der Waals surface area contributed by atoms with E-state index in [1.165, 1.54) is 25.4 Å². The molecule has 1 aliphatic carbocycles. The molecule has 1 heterocycles. The van der Waals surface area contributed by atoms with E-state index in [0.29, 0.717) is 35.1 Å². The molecular formula is C28H32N2O6. The minimum atomic E-state index is -1.05. The Hall–Kier alpha value is -3.94. The highest BCUT2D eigenvalue weighted by Crippen LogP contribution is 2.40. The molecular weight excluding hydrogens is 460 g/mol. The van der Waals surface area contributed by atoms with Crippen molar-refractivity contribution in [3.05, 3.63) is 72.2 Å². The van der Waals surface area contributed by atoms with Gasteiger partial charge in [0.2, 0.25) is 5.91 Å². The standard InChI is InChI=1S/C28H32N2O6/c1-4-35-21-16-14-20(15-17-21)30(28(32)24-13-8-18-36-24)25(27(31)29-19-9-5-6-10-19)22-11-7-12-23(33-2)26(22)34-3/h7-8,11-19,25H,4-6,9-10H2,1-3H3,(H,29,31)/t25-/m1/s1. The van der Waals surface area contributed by atoms with E-state index in [2.05, 4.69) is 5.32 Å². The molecule has 8 nitrogen and oxygen atoms in total. The van der Waals surface area contributed by atoms with Crippen LogP contribution in [0.4, 0.5) is 5.69 Å². The van der Waals surface area contributed by atoms with Crippen LogP contribution in [0.2, 0.25) is 0 Å². The van der Waals surface area contributed by atoms with Gasteiger partial charge in [-0.1, -0.05) is 25.0 Å². The average molecular weight is 493 g/mol. The maximum Gasteiger partial charge on any atom is 0.294 e. The van der Waals surface area contributed by atoms with Crippen molar-refractivity contribution in [2.75, 3.05) is 25.7 Å². The smallest absolute Gasteiger partial charge is 0.294 e. The number of hydrogen-bond donors (Lipinski definition) is 1. The van der Waals surface area contributed by atoms with Crippen molar-refractivity contribution in [3.8, 4) is 17.2 Å². The molecule has 190 valence electrons. The van der Waals surface area contributed by atoms with E-state index in [1.807, 2.05) is 6.92 Å². The number of methoxy groups -OCH3 is 2. The average Bonchev–Trinajstić information content (AvgIpc) is 3.62. The van der Waals surface area contributed by atoms with Crippen molar-refractivity contribution in [3.63, 3.8) is 0 Å². The quantitative estimate of drug-likeness (QED) is 0.421. The topological polar surface area (TPSA) is 90.2 Å². The number of rotatable bonds is 10. The highest BCUT2D eigenvalue weighted by Gasteiger charge is 2.38. The third-order valence-corrected chi connectivity index (χ3v) is 6.31. The summed E-state index contributed by atoms with van der Waals surface area (Å²) in [6.45, 7) is 2.42. The zero-order chi connectivity index (χ0) is 25.5. The first-order valence-corrected chi connectivity index (χ1v) is 12.2. The lowest BCUT2D eigenvalue weighted by Crippen LogP contribution is -2.46. The first-order chi connectivity index (χ1) is 17.6. The van der Waals surface area contributed by atoms with Gasteiger partial charge in [-0.25, -0.2) is 0 Å². The van der Waals surface area contributed by atoms with Gasteiger partial charge in [-0.15, -0.1) is 0 Å². The molecule has 36 heavy (non-hydrogen) atoms. The van der Waals surface area contributed by atoms with Gasteiger partial charge >= 0.3 is 0 Å². The lowest BCUT2D eigenvalue weighted by atomic mass is 10.00. The minimum absolute atomic E-state index is 0.0532. The van der Waals surface area contributed by atoms with Gasteiger partial charge in [-0.3, -0.25) is 14.5 Å². The largest absolute Gasteiger partial charge is 0.494 e. The summed E-state index contributed by atoms with van der Waals surface area (Å²) in [5.74, 6) is 0.866. The Morgan fingerprint density at radius 1 is 1.03 bits per heavy atom. The maximum atomic E-state index is 14.0. The molecule has 1 N–H and O–H groups in total. The molecule has 0 unspecified atom stereocenters. The van der Waals surface area contributed by atoms with Crippen molar-refractivity contribution in [1.82, 2.24) is 5.32 Å². The Labute approximate surface area is 211 Å². The van der Waals surface area contributed by atoms with Crippen LogP contribution in [0.1, 0.15) is 54.8 Å². The van der Waals surface area contributed by atoms with Crippen LogP contribution in [0.3, 0.4) is 0 Å². The number of nitrogens with one attached hydrogen (secondary N) is 1. The van der Waals surface area contributed by atoms with Crippen LogP contribution in [0.15, 0.2) is 65.3 Å². The summed E-state index contributed by atoms with van der Waals surface area (Å²) in [6, 6.07) is 14.6. The molecule has 1 aliphatic rings. The van der Waals surface area contributed by atoms with Gasteiger partial charge in [-0.2, -0.15) is 0 Å². The molecule has 8 heteroatoms. The molecule has 0 saturated heterocycles. The first kappa shape index (κ1) is 25.2. The number of hydrogen-bond acceptors (Lipinski definition) is 6. The molecule has 2 amide bonds. The molecule has 2 aromatic carbocycles. The van der Waals surface area contributed by atoms with Crippen LogP contribution in [0.25, 0.3) is 0 Å². The third kappa shape index (κ3) is 5.32. The summed E-state index contributed by atoms with van der Waals surface area (Å²) in [5.41, 5.74) is 1.01. The summed E-state index contributed by atoms with van der Waals surface area (Å²) in [6.07, 6.45) is 5.37. The zero-order valence-corrected chi connectivity index (χ0v) is 20.9. The second kappa shape index (κ2) is 11.7. The number of ether oxygens (including phenoxy) is 3. The predicted octanol–water partition coefficient (Wildman–Crippen LogP) is 5.14. The van der Waals surface area contributed by atoms with Gasteiger partial charge < -0.3 is 23.9 Å². The van der Waals surface area contributed by atoms with E-state index in [1.54, 1.807) is 54.6 Å². The van der Waals surface area contributed by atoms with Crippen LogP contribution in [-0.4, -0.2) is 38.7 Å². The number of furan rings is 1. The first-order valence-electron chi connectivity index (χ1n) is 12.2. The summed E-state index contributed by atoms with van der Waals surface area (Å²) < 4.78 is 22.2. The number of anilines is 1. The van der Waals surface area contributed by atoms with E-state index in [4.69, 9.17) is 18.6 Å². The Balaban J connectivity index is 1.86. The van der Waals surface area contributed by atoms with Crippen molar-refractivity contribution < 1.29 is 28.2 Å². The summed E-state index contributed by atoms with van der Waals surface area (Å²) >= 11 is 0. The maximum absolute atomic E-state index is 14.0. The Morgan fingerprint density at radius 2 is 1.78 bits per heavy atom. The zero-order valence-electron chi connectivity index (χ0n) is 20.9. The Morgan fingerprint density at radius 3 is 2.39 bits per heavy atom. The Kier molecular flexibility index (Phi) is 8.15. The van der Waals surface area contributed by atoms with E-state index in [9.17, 15) is 9.59 Å². The van der Waals surface area contributed by atoms with Crippen LogP contribution in [-0.2, 0) is 4.79 Å². The SMILES string of the molecule is CCOc1ccc(N(C(=O)c2ccco2)[C@@H](C(=O)NC2CCCC2)c2cccc(OC)c2OC)cc1. The Bertz CT molecular complexity index is 1150. The van der Waals surface area contributed by atoms with Crippen LogP contribution in [0.5, 0.6) is 17.2 Å². The van der Waals surface area contributed by atoms with Gasteiger partial charge in [-0.05, 0) is 62.2 Å². The number of carbonyl (C=O) groups excluding carboxylic acids is 2. The highest BCUT2D eigenvalue weighted by atomic mass is 16.5. The normalized spacial score (nSPS) is 14.2. The molecule has 1 atom stereocenters. The lowest BCUT2D eigenvalue weighted by Gasteiger charge is -2.32. The van der Waals surface area contributed by atoms with E-state index >= 15 is 0 Å². The molecule has 1 aromatic heterocycles. The van der Waals surface area contributed by atoms with Crippen molar-refractivity contribution >= 4 is 17.5 Å². The fraction of sp³-hybridized carbons (Fsp3) is 0.357. The van der Waals surface area contributed by atoms with Crippen LogP contribution < -0.4 is 24.4 Å². The number of carbonyl (C=O) groups is 2. The van der Waals surface area contributed by atoms with E-state index in [0.717, 1.165) is 25.7 Å². The van der Waals surface area contributed by atoms with Gasteiger partial charge in [0.05, 0.1) is 27.1 Å². The number of nitrogens with zero attached hydrogens (tertiary/aromatic N) is 1. The molecule has 1 fully saturated rings. The predicted molar refractivity (Wildman–Crippen MR) is 136 cm³/mol. The lowest BCUT2D eigenvalue weighted by molar-refractivity contribution is -0.123. The number of benzene rings is 2. The monoisotopic (exact) mass is 492 g/mol. The summed E-state index contributed by atoms with van der Waals surface area (Å²) in [7, 11) is 3.05. The van der Waals surface area contributed by atoms with Gasteiger partial charge in [0.15, 0.2) is 17.3 Å². The minimum Gasteiger partial charge on any atom is -0.494 e. The molecule has 1 saturated carbocycles. The molecule has 3 aromatic rings. The van der Waals surface area contributed by atoms with Crippen molar-refractivity contribution in [2.45, 2.75) is 44.7 Å². The summed E-state index contributed by atoms with van der Waals surface area (Å²) in [4.78, 5) is 29.3. The van der Waals surface area contributed by atoms with E-state index < -0.39 is 11.9 Å². The highest BCUT2D eigenvalue weighted by molar-refractivity contribution is 6.09. The number of para-hydroxylation sites is 1. The molecule has 0 bridgehead atoms. The molecule has 0 spiro atoms.